The SMILES string of the molecule is CC(C)c1ccc2cc(C(=O)Nc3cnc4c(c3)nc3n4CCC3)n(Cc3cccc(F)c3)c2c1. The average molecular weight is 468 g/mol. The number of imidazole rings is 1. The molecular formula is C28H26FN5O. The number of carbonyl (C=O) groups is 1. The highest BCUT2D eigenvalue weighted by atomic mass is 19.1. The van der Waals surface area contributed by atoms with Crippen LogP contribution in [-0.2, 0) is 19.5 Å². The number of fused-ring (bicyclic) bond motifs is 4. The summed E-state index contributed by atoms with van der Waals surface area (Å²) < 4.78 is 18.0. The zero-order chi connectivity index (χ0) is 24.1. The lowest BCUT2D eigenvalue weighted by molar-refractivity contribution is 0.101. The number of rotatable bonds is 5. The van der Waals surface area contributed by atoms with Gasteiger partial charge in [0.15, 0.2) is 5.65 Å². The molecule has 35 heavy (non-hydrogen) atoms. The monoisotopic (exact) mass is 467 g/mol. The Morgan fingerprint density at radius 2 is 2.03 bits per heavy atom. The first-order valence-electron chi connectivity index (χ1n) is 12.0. The number of nitrogens with zero attached hydrogens (tertiary/aromatic N) is 4. The molecule has 0 atom stereocenters. The second kappa shape index (κ2) is 8.34. The first-order chi connectivity index (χ1) is 17.0. The minimum atomic E-state index is -0.292. The van der Waals surface area contributed by atoms with Crippen LogP contribution in [0.3, 0.4) is 0 Å². The van der Waals surface area contributed by atoms with Crippen molar-refractivity contribution in [1.82, 2.24) is 19.1 Å². The van der Waals surface area contributed by atoms with Crippen LogP contribution in [0.5, 0.6) is 0 Å². The smallest absolute Gasteiger partial charge is 0.272 e. The maximum atomic E-state index is 13.9. The fourth-order valence-corrected chi connectivity index (χ4v) is 4.95. The Hall–Kier alpha value is -4.00. The molecule has 1 aliphatic rings. The van der Waals surface area contributed by atoms with E-state index in [0.717, 1.165) is 52.8 Å². The molecule has 0 saturated carbocycles. The van der Waals surface area contributed by atoms with E-state index in [1.807, 2.05) is 28.8 Å². The highest BCUT2D eigenvalue weighted by Gasteiger charge is 2.20. The number of aryl methyl sites for hydroxylation is 2. The van der Waals surface area contributed by atoms with Gasteiger partial charge in [-0.1, -0.05) is 38.1 Å². The molecule has 1 N–H and O–H groups in total. The predicted octanol–water partition coefficient (Wildman–Crippen LogP) is 5.90. The fraction of sp³-hybridized carbons (Fsp3) is 0.250. The summed E-state index contributed by atoms with van der Waals surface area (Å²) in [6, 6.07) is 16.5. The van der Waals surface area contributed by atoms with Crippen molar-refractivity contribution in [2.24, 2.45) is 0 Å². The molecule has 0 bridgehead atoms. The maximum Gasteiger partial charge on any atom is 0.272 e. The van der Waals surface area contributed by atoms with Crippen molar-refractivity contribution in [2.45, 2.75) is 45.7 Å². The van der Waals surface area contributed by atoms with Crippen molar-refractivity contribution in [1.29, 1.82) is 0 Å². The van der Waals surface area contributed by atoms with E-state index in [-0.39, 0.29) is 11.7 Å². The molecule has 0 saturated heterocycles. The van der Waals surface area contributed by atoms with E-state index in [2.05, 4.69) is 45.8 Å². The summed E-state index contributed by atoms with van der Waals surface area (Å²) in [5.74, 6) is 0.867. The largest absolute Gasteiger partial charge is 0.332 e. The van der Waals surface area contributed by atoms with Crippen LogP contribution < -0.4 is 5.32 Å². The first-order valence-corrected chi connectivity index (χ1v) is 12.0. The summed E-state index contributed by atoms with van der Waals surface area (Å²) in [7, 11) is 0. The number of aromatic nitrogens is 4. The standard InChI is InChI=1S/C28H26FN5O/c1-17(2)19-8-9-20-13-25(34(24(20)12-19)16-18-5-3-6-21(29)11-18)28(35)31-22-14-23-27(30-15-22)33-10-4-7-26(33)32-23/h3,5-6,8-9,11-15,17H,4,7,10,16H2,1-2H3,(H,31,35). The highest BCUT2D eigenvalue weighted by Crippen LogP contribution is 2.28. The lowest BCUT2D eigenvalue weighted by atomic mass is 10.0. The molecule has 0 spiro atoms. The number of halogens is 1. The molecule has 4 heterocycles. The predicted molar refractivity (Wildman–Crippen MR) is 135 cm³/mol. The molecular weight excluding hydrogens is 441 g/mol. The molecule has 7 heteroatoms. The van der Waals surface area contributed by atoms with Crippen LogP contribution in [0.1, 0.15) is 53.6 Å². The van der Waals surface area contributed by atoms with Gasteiger partial charge in [-0.05, 0) is 53.8 Å². The van der Waals surface area contributed by atoms with Gasteiger partial charge in [0, 0.05) is 30.4 Å². The Morgan fingerprint density at radius 1 is 1.14 bits per heavy atom. The van der Waals surface area contributed by atoms with Crippen LogP contribution in [0, 0.1) is 5.82 Å². The van der Waals surface area contributed by atoms with Gasteiger partial charge in [0.25, 0.3) is 5.91 Å². The molecule has 0 fully saturated rings. The number of anilines is 1. The third-order valence-corrected chi connectivity index (χ3v) is 6.76. The van der Waals surface area contributed by atoms with Crippen molar-refractivity contribution in [2.75, 3.05) is 5.32 Å². The maximum absolute atomic E-state index is 13.9. The van der Waals surface area contributed by atoms with Crippen LogP contribution in [0.25, 0.3) is 22.1 Å². The Bertz CT molecular complexity index is 1600. The van der Waals surface area contributed by atoms with Gasteiger partial charge in [0.2, 0.25) is 0 Å². The van der Waals surface area contributed by atoms with E-state index < -0.39 is 0 Å². The van der Waals surface area contributed by atoms with Gasteiger partial charge in [-0.15, -0.1) is 0 Å². The van der Waals surface area contributed by atoms with Crippen molar-refractivity contribution in [3.05, 3.63) is 89.3 Å². The lowest BCUT2D eigenvalue weighted by Crippen LogP contribution is -2.17. The van der Waals surface area contributed by atoms with Gasteiger partial charge < -0.3 is 14.5 Å². The lowest BCUT2D eigenvalue weighted by Gasteiger charge is -2.13. The van der Waals surface area contributed by atoms with Gasteiger partial charge >= 0.3 is 0 Å². The third kappa shape index (κ3) is 3.87. The number of carbonyl (C=O) groups excluding carboxylic acids is 1. The Balaban J connectivity index is 1.39. The normalized spacial score (nSPS) is 13.1. The third-order valence-electron chi connectivity index (χ3n) is 6.76. The van der Waals surface area contributed by atoms with E-state index in [9.17, 15) is 9.18 Å². The van der Waals surface area contributed by atoms with Crippen LogP contribution in [0.15, 0.2) is 60.8 Å². The summed E-state index contributed by atoms with van der Waals surface area (Å²) in [5, 5.41) is 3.97. The number of pyridine rings is 1. The molecule has 0 aliphatic carbocycles. The minimum absolute atomic E-state index is 0.239. The zero-order valence-electron chi connectivity index (χ0n) is 19.8. The van der Waals surface area contributed by atoms with Crippen LogP contribution in [-0.4, -0.2) is 25.0 Å². The minimum Gasteiger partial charge on any atom is -0.332 e. The highest BCUT2D eigenvalue weighted by molar-refractivity contribution is 6.07. The zero-order valence-corrected chi connectivity index (χ0v) is 19.8. The van der Waals surface area contributed by atoms with Gasteiger partial charge in [0.1, 0.15) is 22.9 Å². The quantitative estimate of drug-likeness (QED) is 0.350. The van der Waals surface area contributed by atoms with Gasteiger partial charge in [-0.2, -0.15) is 0 Å². The van der Waals surface area contributed by atoms with Gasteiger partial charge in [-0.25, -0.2) is 14.4 Å². The second-order valence-corrected chi connectivity index (χ2v) is 9.52. The summed E-state index contributed by atoms with van der Waals surface area (Å²) in [6.07, 6.45) is 3.73. The van der Waals surface area contributed by atoms with Crippen LogP contribution in [0.4, 0.5) is 10.1 Å². The van der Waals surface area contributed by atoms with Crippen LogP contribution in [0.2, 0.25) is 0 Å². The molecule has 1 amide bonds. The van der Waals surface area contributed by atoms with E-state index in [1.165, 1.54) is 17.7 Å². The first kappa shape index (κ1) is 21.5. The molecule has 0 radical (unpaired) electrons. The molecule has 1 aliphatic heterocycles. The Kier molecular flexibility index (Phi) is 5.13. The summed E-state index contributed by atoms with van der Waals surface area (Å²) in [4.78, 5) is 22.8. The van der Waals surface area contributed by atoms with Crippen molar-refractivity contribution >= 4 is 33.7 Å². The van der Waals surface area contributed by atoms with Crippen LogP contribution >= 0.6 is 0 Å². The van der Waals surface area contributed by atoms with Crippen molar-refractivity contribution in [3.8, 4) is 0 Å². The van der Waals surface area contributed by atoms with E-state index >= 15 is 0 Å². The second-order valence-electron chi connectivity index (χ2n) is 9.52. The van der Waals surface area contributed by atoms with Crippen molar-refractivity contribution < 1.29 is 9.18 Å². The van der Waals surface area contributed by atoms with Gasteiger partial charge in [-0.3, -0.25) is 4.79 Å². The fourth-order valence-electron chi connectivity index (χ4n) is 4.95. The number of benzene rings is 2. The van der Waals surface area contributed by atoms with E-state index in [4.69, 9.17) is 0 Å². The van der Waals surface area contributed by atoms with E-state index in [0.29, 0.717) is 23.8 Å². The average Bonchev–Trinajstić information content (AvgIpc) is 3.52. The Morgan fingerprint density at radius 3 is 2.86 bits per heavy atom. The van der Waals surface area contributed by atoms with E-state index in [1.54, 1.807) is 12.3 Å². The summed E-state index contributed by atoms with van der Waals surface area (Å²) in [5.41, 5.74) is 5.69. The molecule has 2 aromatic carbocycles. The topological polar surface area (TPSA) is 64.7 Å². The van der Waals surface area contributed by atoms with Gasteiger partial charge in [0.05, 0.1) is 11.9 Å². The number of nitrogens with one attached hydrogen (secondary N) is 1. The number of amides is 1. The summed E-state index contributed by atoms with van der Waals surface area (Å²) in [6.45, 7) is 5.60. The molecule has 176 valence electrons. The molecule has 5 aromatic rings. The van der Waals surface area contributed by atoms with Crippen molar-refractivity contribution in [3.63, 3.8) is 0 Å². The Labute approximate surface area is 202 Å². The molecule has 3 aromatic heterocycles. The molecule has 6 rings (SSSR count). The summed E-state index contributed by atoms with van der Waals surface area (Å²) >= 11 is 0. The number of hydrogen-bond acceptors (Lipinski definition) is 3. The number of hydrogen-bond donors (Lipinski definition) is 1. The molecule has 6 nitrogen and oxygen atoms in total. The molecule has 0 unspecified atom stereocenters.